The van der Waals surface area contributed by atoms with Crippen molar-refractivity contribution in [1.29, 1.82) is 0 Å². The topological polar surface area (TPSA) is 88.2 Å². The molecule has 1 fully saturated rings. The third-order valence-electron chi connectivity index (χ3n) is 4.56. The fraction of sp³-hybridized carbons (Fsp3) is 0.316. The van der Waals surface area contributed by atoms with Gasteiger partial charge in [0.1, 0.15) is 11.5 Å². The van der Waals surface area contributed by atoms with Crippen LogP contribution in [-0.2, 0) is 10.0 Å². The van der Waals surface area contributed by atoms with Crippen LogP contribution in [0.4, 0.5) is 10.5 Å². The standard InChI is InChI=1S/C19H23N3O5S/c1-26-15-8-9-17(18(14-15)27-2)20-19(23)21-10-12-22(13-11-21)28(24,25)16-6-4-3-5-7-16/h3-9,14H,10-13H2,1-2H3,(H,20,23). The van der Waals surface area contributed by atoms with Crippen LogP contribution < -0.4 is 14.8 Å². The molecule has 0 spiro atoms. The van der Waals surface area contributed by atoms with Crippen LogP contribution in [0.1, 0.15) is 0 Å². The first kappa shape index (κ1) is 20.0. The van der Waals surface area contributed by atoms with Crippen LogP contribution >= 0.6 is 0 Å². The van der Waals surface area contributed by atoms with Gasteiger partial charge in [-0.05, 0) is 24.3 Å². The lowest BCUT2D eigenvalue weighted by Crippen LogP contribution is -2.51. The maximum absolute atomic E-state index is 12.7. The van der Waals surface area contributed by atoms with Gasteiger partial charge in [0.15, 0.2) is 0 Å². The van der Waals surface area contributed by atoms with E-state index in [1.165, 1.54) is 11.4 Å². The molecule has 28 heavy (non-hydrogen) atoms. The van der Waals surface area contributed by atoms with Gasteiger partial charge in [0.25, 0.3) is 0 Å². The Labute approximate surface area is 164 Å². The second-order valence-corrected chi connectivity index (χ2v) is 8.14. The number of benzene rings is 2. The lowest BCUT2D eigenvalue weighted by atomic mass is 10.2. The zero-order valence-corrected chi connectivity index (χ0v) is 16.6. The van der Waals surface area contributed by atoms with Gasteiger partial charge < -0.3 is 19.7 Å². The highest BCUT2D eigenvalue weighted by Crippen LogP contribution is 2.29. The van der Waals surface area contributed by atoms with Crippen molar-refractivity contribution in [3.8, 4) is 11.5 Å². The molecule has 9 heteroatoms. The molecule has 0 unspecified atom stereocenters. The minimum atomic E-state index is -3.55. The summed E-state index contributed by atoms with van der Waals surface area (Å²) >= 11 is 0. The molecule has 0 saturated carbocycles. The molecule has 1 N–H and O–H groups in total. The Balaban J connectivity index is 1.63. The summed E-state index contributed by atoms with van der Waals surface area (Å²) in [6, 6.07) is 13.1. The van der Waals surface area contributed by atoms with Crippen LogP contribution in [0.25, 0.3) is 0 Å². The minimum Gasteiger partial charge on any atom is -0.497 e. The lowest BCUT2D eigenvalue weighted by Gasteiger charge is -2.34. The molecule has 0 bridgehead atoms. The molecule has 0 atom stereocenters. The number of nitrogens with one attached hydrogen (secondary N) is 1. The summed E-state index contributed by atoms with van der Waals surface area (Å²) in [6.45, 7) is 1.08. The van der Waals surface area contributed by atoms with E-state index in [1.54, 1.807) is 60.5 Å². The van der Waals surface area contributed by atoms with Gasteiger partial charge in [-0.1, -0.05) is 18.2 Å². The number of sulfonamides is 1. The summed E-state index contributed by atoms with van der Waals surface area (Å²) < 4.78 is 37.2. The first-order valence-corrected chi connectivity index (χ1v) is 10.2. The van der Waals surface area contributed by atoms with Crippen molar-refractivity contribution in [2.24, 2.45) is 0 Å². The number of methoxy groups -OCH3 is 2. The van der Waals surface area contributed by atoms with Crippen molar-refractivity contribution in [1.82, 2.24) is 9.21 Å². The van der Waals surface area contributed by atoms with E-state index in [9.17, 15) is 13.2 Å². The van der Waals surface area contributed by atoms with Gasteiger partial charge in [0.05, 0.1) is 24.8 Å². The smallest absolute Gasteiger partial charge is 0.322 e. The van der Waals surface area contributed by atoms with Crippen LogP contribution in [0, 0.1) is 0 Å². The second kappa shape index (κ2) is 8.49. The maximum atomic E-state index is 12.7. The van der Waals surface area contributed by atoms with Crippen LogP contribution in [0.2, 0.25) is 0 Å². The number of carbonyl (C=O) groups is 1. The highest BCUT2D eigenvalue weighted by atomic mass is 32.2. The van der Waals surface area contributed by atoms with E-state index in [2.05, 4.69) is 5.32 Å². The molecule has 0 aliphatic carbocycles. The zero-order valence-electron chi connectivity index (χ0n) is 15.8. The van der Waals surface area contributed by atoms with Gasteiger partial charge in [-0.3, -0.25) is 0 Å². The van der Waals surface area contributed by atoms with E-state index >= 15 is 0 Å². The molecular weight excluding hydrogens is 382 g/mol. The van der Waals surface area contributed by atoms with Crippen LogP contribution in [-0.4, -0.2) is 64.1 Å². The number of ether oxygens (including phenoxy) is 2. The summed E-state index contributed by atoms with van der Waals surface area (Å²) in [5.74, 6) is 1.10. The Bertz CT molecular complexity index is 926. The monoisotopic (exact) mass is 405 g/mol. The molecule has 2 aromatic carbocycles. The minimum absolute atomic E-state index is 0.240. The SMILES string of the molecule is COc1ccc(NC(=O)N2CCN(S(=O)(=O)c3ccccc3)CC2)c(OC)c1. The molecule has 8 nitrogen and oxygen atoms in total. The van der Waals surface area contributed by atoms with Gasteiger partial charge in [-0.2, -0.15) is 4.31 Å². The Morgan fingerprint density at radius 1 is 0.964 bits per heavy atom. The summed E-state index contributed by atoms with van der Waals surface area (Å²) in [5.41, 5.74) is 0.521. The third-order valence-corrected chi connectivity index (χ3v) is 6.47. The molecule has 0 radical (unpaired) electrons. The molecule has 3 rings (SSSR count). The average molecular weight is 405 g/mol. The maximum Gasteiger partial charge on any atom is 0.322 e. The number of hydrogen-bond acceptors (Lipinski definition) is 5. The van der Waals surface area contributed by atoms with E-state index in [-0.39, 0.29) is 24.0 Å². The van der Waals surface area contributed by atoms with Crippen molar-refractivity contribution in [2.45, 2.75) is 4.90 Å². The number of urea groups is 1. The van der Waals surface area contributed by atoms with Gasteiger partial charge >= 0.3 is 6.03 Å². The summed E-state index contributed by atoms with van der Waals surface area (Å²) in [4.78, 5) is 14.4. The van der Waals surface area contributed by atoms with E-state index in [1.807, 2.05) is 0 Å². The van der Waals surface area contributed by atoms with Crippen molar-refractivity contribution < 1.29 is 22.7 Å². The summed E-state index contributed by atoms with van der Waals surface area (Å²) in [5, 5.41) is 2.81. The van der Waals surface area contributed by atoms with Gasteiger partial charge in [-0.25, -0.2) is 13.2 Å². The number of piperazine rings is 1. The first-order chi connectivity index (χ1) is 13.5. The zero-order chi connectivity index (χ0) is 20.1. The average Bonchev–Trinajstić information content (AvgIpc) is 2.74. The Kier molecular flexibility index (Phi) is 6.05. The van der Waals surface area contributed by atoms with Crippen LogP contribution in [0.5, 0.6) is 11.5 Å². The number of hydrogen-bond donors (Lipinski definition) is 1. The van der Waals surface area contributed by atoms with Crippen molar-refractivity contribution in [2.75, 3.05) is 45.7 Å². The first-order valence-electron chi connectivity index (χ1n) is 8.79. The Hall–Kier alpha value is -2.78. The number of nitrogens with zero attached hydrogens (tertiary/aromatic N) is 2. The molecule has 2 amide bonds. The van der Waals surface area contributed by atoms with Gasteiger partial charge in [0, 0.05) is 32.2 Å². The molecule has 1 saturated heterocycles. The van der Waals surface area contributed by atoms with Gasteiger partial charge in [-0.15, -0.1) is 0 Å². The Morgan fingerprint density at radius 3 is 2.25 bits per heavy atom. The summed E-state index contributed by atoms with van der Waals surface area (Å²) in [7, 11) is -0.484. The number of amides is 2. The van der Waals surface area contributed by atoms with E-state index < -0.39 is 10.0 Å². The molecule has 1 aliphatic rings. The van der Waals surface area contributed by atoms with Gasteiger partial charge in [0.2, 0.25) is 10.0 Å². The van der Waals surface area contributed by atoms with E-state index in [0.29, 0.717) is 30.3 Å². The normalized spacial score (nSPS) is 15.1. The van der Waals surface area contributed by atoms with Crippen molar-refractivity contribution >= 4 is 21.7 Å². The predicted octanol–water partition coefficient (Wildman–Crippen LogP) is 2.24. The highest BCUT2D eigenvalue weighted by Gasteiger charge is 2.30. The highest BCUT2D eigenvalue weighted by molar-refractivity contribution is 7.89. The number of carbonyl (C=O) groups excluding carboxylic acids is 1. The van der Waals surface area contributed by atoms with Crippen molar-refractivity contribution in [3.05, 3.63) is 48.5 Å². The van der Waals surface area contributed by atoms with Crippen LogP contribution in [0.3, 0.4) is 0 Å². The predicted molar refractivity (Wildman–Crippen MR) is 105 cm³/mol. The molecule has 150 valence electrons. The largest absolute Gasteiger partial charge is 0.497 e. The lowest BCUT2D eigenvalue weighted by molar-refractivity contribution is 0.184. The second-order valence-electron chi connectivity index (χ2n) is 6.20. The van der Waals surface area contributed by atoms with E-state index in [4.69, 9.17) is 9.47 Å². The molecule has 0 aromatic heterocycles. The summed E-state index contributed by atoms with van der Waals surface area (Å²) in [6.07, 6.45) is 0. The number of rotatable bonds is 5. The fourth-order valence-corrected chi connectivity index (χ4v) is 4.41. The van der Waals surface area contributed by atoms with Crippen molar-refractivity contribution in [3.63, 3.8) is 0 Å². The number of anilines is 1. The van der Waals surface area contributed by atoms with Crippen LogP contribution in [0.15, 0.2) is 53.4 Å². The molecular formula is C19H23N3O5S. The molecule has 1 heterocycles. The Morgan fingerprint density at radius 2 is 1.64 bits per heavy atom. The van der Waals surface area contributed by atoms with E-state index in [0.717, 1.165) is 0 Å². The fourth-order valence-electron chi connectivity index (χ4n) is 2.97. The molecule has 2 aromatic rings. The molecule has 1 aliphatic heterocycles. The third kappa shape index (κ3) is 4.20. The quantitative estimate of drug-likeness (QED) is 0.824.